The highest BCUT2D eigenvalue weighted by Crippen LogP contribution is 2.12. The lowest BCUT2D eigenvalue weighted by molar-refractivity contribution is -0.141. The first-order valence-electron chi connectivity index (χ1n) is 10.2. The Hall–Kier alpha value is -3.67. The summed E-state index contributed by atoms with van der Waals surface area (Å²) in [5, 5.41) is 33.9. The molecule has 0 aliphatic rings. The first-order valence-corrected chi connectivity index (χ1v) is 10.2. The van der Waals surface area contributed by atoms with E-state index in [0.717, 1.165) is 0 Å². The van der Waals surface area contributed by atoms with Crippen molar-refractivity contribution in [2.45, 2.75) is 51.2 Å². The molecule has 0 heterocycles. The number of carboxylic acids is 2. The molecule has 0 bridgehead atoms. The highest BCUT2D eigenvalue weighted by Gasteiger charge is 2.30. The molecule has 0 radical (unpaired) electrons. The summed E-state index contributed by atoms with van der Waals surface area (Å²) in [7, 11) is 0. The van der Waals surface area contributed by atoms with E-state index in [2.05, 4.69) is 10.6 Å². The summed E-state index contributed by atoms with van der Waals surface area (Å²) in [5.41, 5.74) is 6.64. The minimum Gasteiger partial charge on any atom is -0.508 e. The van der Waals surface area contributed by atoms with Crippen LogP contribution in [0.25, 0.3) is 0 Å². The number of rotatable bonds is 13. The summed E-state index contributed by atoms with van der Waals surface area (Å²) >= 11 is 0. The van der Waals surface area contributed by atoms with Crippen molar-refractivity contribution in [1.29, 1.82) is 0 Å². The normalized spacial score (nSPS) is 13.5. The van der Waals surface area contributed by atoms with Gasteiger partial charge in [0.25, 0.3) is 0 Å². The molecule has 1 aromatic carbocycles. The van der Waals surface area contributed by atoms with Gasteiger partial charge in [-0.2, -0.15) is 0 Å². The molecule has 3 atom stereocenters. The van der Waals surface area contributed by atoms with Gasteiger partial charge < -0.3 is 37.0 Å². The molecule has 3 unspecified atom stereocenters. The van der Waals surface area contributed by atoms with Crippen molar-refractivity contribution in [3.63, 3.8) is 0 Å². The van der Waals surface area contributed by atoms with Crippen LogP contribution in [0.4, 0.5) is 0 Å². The van der Waals surface area contributed by atoms with Crippen molar-refractivity contribution < 1.29 is 39.3 Å². The SMILES string of the molecule is CC(C)CC(NC(=O)C(N)Cc1ccc(O)cc1)C(=O)NC(CC(=O)O)C(=O)NCC(=O)O. The van der Waals surface area contributed by atoms with Crippen molar-refractivity contribution in [1.82, 2.24) is 16.0 Å². The predicted molar refractivity (Wildman–Crippen MR) is 116 cm³/mol. The van der Waals surface area contributed by atoms with E-state index in [1.807, 2.05) is 5.32 Å². The van der Waals surface area contributed by atoms with E-state index >= 15 is 0 Å². The number of aromatic hydroxyl groups is 1. The number of carbonyl (C=O) groups is 5. The number of phenolic OH excluding ortho intramolecular Hbond substituents is 1. The number of carbonyl (C=O) groups excluding carboxylic acids is 3. The zero-order valence-electron chi connectivity index (χ0n) is 18.4. The first-order chi connectivity index (χ1) is 15.4. The Labute approximate surface area is 190 Å². The van der Waals surface area contributed by atoms with Crippen LogP contribution in [-0.2, 0) is 30.4 Å². The van der Waals surface area contributed by atoms with Crippen LogP contribution >= 0.6 is 0 Å². The molecule has 1 rings (SSSR count). The third-order valence-corrected chi connectivity index (χ3v) is 4.49. The van der Waals surface area contributed by atoms with E-state index < -0.39 is 60.8 Å². The number of benzene rings is 1. The van der Waals surface area contributed by atoms with Crippen molar-refractivity contribution in [2.24, 2.45) is 11.7 Å². The largest absolute Gasteiger partial charge is 0.508 e. The maximum atomic E-state index is 12.8. The monoisotopic (exact) mass is 466 g/mol. The summed E-state index contributed by atoms with van der Waals surface area (Å²) in [6.07, 6.45) is -0.457. The summed E-state index contributed by atoms with van der Waals surface area (Å²) in [6.45, 7) is 2.86. The molecule has 8 N–H and O–H groups in total. The summed E-state index contributed by atoms with van der Waals surface area (Å²) in [6, 6.07) is 2.46. The number of hydrogen-bond donors (Lipinski definition) is 7. The topological polar surface area (TPSA) is 208 Å². The minimum atomic E-state index is -1.54. The zero-order chi connectivity index (χ0) is 25.1. The highest BCUT2D eigenvalue weighted by molar-refractivity contribution is 5.95. The molecular formula is C21H30N4O8. The fraction of sp³-hybridized carbons (Fsp3) is 0.476. The number of amides is 3. The van der Waals surface area contributed by atoms with Gasteiger partial charge in [-0.15, -0.1) is 0 Å². The Morgan fingerprint density at radius 3 is 1.97 bits per heavy atom. The lowest BCUT2D eigenvalue weighted by atomic mass is 10.0. The Balaban J connectivity index is 2.88. The van der Waals surface area contributed by atoms with Gasteiger partial charge in [-0.05, 0) is 36.5 Å². The van der Waals surface area contributed by atoms with Gasteiger partial charge in [0, 0.05) is 0 Å². The van der Waals surface area contributed by atoms with E-state index in [4.69, 9.17) is 15.9 Å². The van der Waals surface area contributed by atoms with Crippen molar-refractivity contribution in [3.05, 3.63) is 29.8 Å². The van der Waals surface area contributed by atoms with Gasteiger partial charge >= 0.3 is 11.9 Å². The van der Waals surface area contributed by atoms with Crippen molar-refractivity contribution in [3.8, 4) is 5.75 Å². The van der Waals surface area contributed by atoms with E-state index in [1.54, 1.807) is 26.0 Å². The number of nitrogens with one attached hydrogen (secondary N) is 3. The number of phenols is 1. The Morgan fingerprint density at radius 2 is 1.45 bits per heavy atom. The lowest BCUT2D eigenvalue weighted by Gasteiger charge is -2.24. The molecule has 0 saturated carbocycles. The zero-order valence-corrected chi connectivity index (χ0v) is 18.4. The van der Waals surface area contributed by atoms with Crippen LogP contribution in [0.15, 0.2) is 24.3 Å². The van der Waals surface area contributed by atoms with Crippen LogP contribution < -0.4 is 21.7 Å². The van der Waals surface area contributed by atoms with Gasteiger partial charge in [-0.3, -0.25) is 24.0 Å². The van der Waals surface area contributed by atoms with E-state index in [9.17, 15) is 29.1 Å². The van der Waals surface area contributed by atoms with Crippen molar-refractivity contribution >= 4 is 29.7 Å². The molecule has 12 heteroatoms. The average molecular weight is 466 g/mol. The molecule has 0 spiro atoms. The molecule has 0 fully saturated rings. The van der Waals surface area contributed by atoms with E-state index in [-0.39, 0.29) is 24.5 Å². The number of aliphatic carboxylic acids is 2. The molecule has 12 nitrogen and oxygen atoms in total. The van der Waals surface area contributed by atoms with Crippen LogP contribution in [0, 0.1) is 5.92 Å². The third kappa shape index (κ3) is 10.5. The Morgan fingerprint density at radius 1 is 0.879 bits per heavy atom. The fourth-order valence-electron chi connectivity index (χ4n) is 2.90. The van der Waals surface area contributed by atoms with Crippen LogP contribution in [-0.4, -0.2) is 69.7 Å². The molecule has 182 valence electrons. The maximum absolute atomic E-state index is 12.8. The Bertz CT molecular complexity index is 856. The summed E-state index contributed by atoms with van der Waals surface area (Å²) < 4.78 is 0. The smallest absolute Gasteiger partial charge is 0.322 e. The second-order valence-corrected chi connectivity index (χ2v) is 7.94. The molecule has 0 aliphatic carbocycles. The first kappa shape index (κ1) is 27.4. The van der Waals surface area contributed by atoms with Crippen LogP contribution in [0.2, 0.25) is 0 Å². The van der Waals surface area contributed by atoms with Gasteiger partial charge in [0.1, 0.15) is 24.4 Å². The minimum absolute atomic E-state index is 0.0480. The van der Waals surface area contributed by atoms with Crippen molar-refractivity contribution in [2.75, 3.05) is 6.54 Å². The molecule has 3 amide bonds. The molecule has 0 aliphatic heterocycles. The second kappa shape index (κ2) is 13.0. The molecule has 0 aromatic heterocycles. The number of nitrogens with two attached hydrogens (primary N) is 1. The van der Waals surface area contributed by atoms with E-state index in [0.29, 0.717) is 5.56 Å². The van der Waals surface area contributed by atoms with Crippen LogP contribution in [0.5, 0.6) is 5.75 Å². The van der Waals surface area contributed by atoms with Gasteiger partial charge in [-0.25, -0.2) is 0 Å². The fourth-order valence-corrected chi connectivity index (χ4v) is 2.90. The predicted octanol–water partition coefficient (Wildman–Crippen LogP) is -1.05. The van der Waals surface area contributed by atoms with Gasteiger partial charge in [0.05, 0.1) is 12.5 Å². The quantitative estimate of drug-likeness (QED) is 0.189. The molecule has 0 saturated heterocycles. The molecule has 1 aromatic rings. The third-order valence-electron chi connectivity index (χ3n) is 4.49. The second-order valence-electron chi connectivity index (χ2n) is 7.94. The van der Waals surface area contributed by atoms with Crippen LogP contribution in [0.3, 0.4) is 0 Å². The van der Waals surface area contributed by atoms with Gasteiger partial charge in [-0.1, -0.05) is 26.0 Å². The molecule has 33 heavy (non-hydrogen) atoms. The Kier molecular flexibility index (Phi) is 10.8. The highest BCUT2D eigenvalue weighted by atomic mass is 16.4. The van der Waals surface area contributed by atoms with Gasteiger partial charge in [0.15, 0.2) is 0 Å². The van der Waals surface area contributed by atoms with Crippen LogP contribution in [0.1, 0.15) is 32.3 Å². The number of carboxylic acid groups (broad SMARTS) is 2. The molecular weight excluding hydrogens is 436 g/mol. The number of hydrogen-bond acceptors (Lipinski definition) is 7. The standard InChI is InChI=1S/C21H30N4O8/c1-11(2)7-15(24-19(31)14(22)8-12-3-5-13(26)6-4-12)21(33)25-16(9-17(27)28)20(32)23-10-18(29)30/h3-6,11,14-16,26H,7-10,22H2,1-2H3,(H,23,32)(H,24,31)(H,25,33)(H,27,28)(H,29,30). The average Bonchev–Trinajstić information content (AvgIpc) is 2.71. The van der Waals surface area contributed by atoms with E-state index in [1.165, 1.54) is 12.1 Å². The summed E-state index contributed by atoms with van der Waals surface area (Å²) in [5.74, 6) is -5.12. The van der Waals surface area contributed by atoms with Gasteiger partial charge in [0.2, 0.25) is 17.7 Å². The summed E-state index contributed by atoms with van der Waals surface area (Å²) in [4.78, 5) is 59.2. The maximum Gasteiger partial charge on any atom is 0.322 e. The lowest BCUT2D eigenvalue weighted by Crippen LogP contribution is -2.56.